The van der Waals surface area contributed by atoms with Crippen molar-refractivity contribution in [2.24, 2.45) is 5.73 Å². The normalized spacial score (nSPS) is 10.4. The van der Waals surface area contributed by atoms with Crippen LogP contribution in [0.1, 0.15) is 5.56 Å². The quantitative estimate of drug-likeness (QED) is 0.285. The average Bonchev–Trinajstić information content (AvgIpc) is 2.83. The van der Waals surface area contributed by atoms with Crippen molar-refractivity contribution in [3.63, 3.8) is 0 Å². The molecule has 0 saturated heterocycles. The highest BCUT2D eigenvalue weighted by Crippen LogP contribution is 2.54. The maximum absolute atomic E-state index is 7.18. The second-order valence-corrected chi connectivity index (χ2v) is 10.3. The Hall–Kier alpha value is -2.89. The highest BCUT2D eigenvalue weighted by molar-refractivity contribution is 8.01. The summed E-state index contributed by atoms with van der Waals surface area (Å²) in [6.45, 7) is 0.563. The monoisotopic (exact) mass is 427 g/mol. The van der Waals surface area contributed by atoms with Gasteiger partial charge in [0, 0.05) is 6.54 Å². The van der Waals surface area contributed by atoms with Gasteiger partial charge in [0.2, 0.25) is 0 Å². The van der Waals surface area contributed by atoms with Crippen LogP contribution in [-0.4, -0.2) is 0 Å². The van der Waals surface area contributed by atoms with Gasteiger partial charge in [-0.15, -0.1) is 0 Å². The molecular weight excluding hydrogens is 403 g/mol. The van der Waals surface area contributed by atoms with Crippen molar-refractivity contribution in [2.75, 3.05) is 0 Å². The van der Waals surface area contributed by atoms with Gasteiger partial charge >= 0.3 is 0 Å². The molecule has 2 N–H and O–H groups in total. The molecule has 148 valence electrons. The molecule has 0 bridgehead atoms. The maximum atomic E-state index is 7.18. The Morgan fingerprint density at radius 3 is 1.20 bits per heavy atom. The van der Waals surface area contributed by atoms with Crippen molar-refractivity contribution >= 4 is 41.1 Å². The SMILES string of the molecule is N#CS.NCc1ccc([P+](c2ccccc2)(c2ccccc2)c2ccccc2)cc1. The van der Waals surface area contributed by atoms with Gasteiger partial charge < -0.3 is 5.73 Å². The highest BCUT2D eigenvalue weighted by atomic mass is 32.1. The predicted molar refractivity (Wildman–Crippen MR) is 134 cm³/mol. The van der Waals surface area contributed by atoms with Gasteiger partial charge in [-0.25, -0.2) is 0 Å². The molecule has 4 rings (SSSR count). The lowest BCUT2D eigenvalue weighted by atomic mass is 10.2. The zero-order valence-electron chi connectivity index (χ0n) is 16.6. The van der Waals surface area contributed by atoms with E-state index >= 15 is 0 Å². The molecule has 4 aromatic rings. The first-order valence-electron chi connectivity index (χ1n) is 9.66. The van der Waals surface area contributed by atoms with E-state index in [1.54, 1.807) is 0 Å². The van der Waals surface area contributed by atoms with Crippen LogP contribution in [-0.2, 0) is 6.54 Å². The van der Waals surface area contributed by atoms with E-state index in [1.165, 1.54) is 26.6 Å². The molecule has 0 radical (unpaired) electrons. The van der Waals surface area contributed by atoms with Crippen LogP contribution in [0.5, 0.6) is 0 Å². The summed E-state index contributed by atoms with van der Waals surface area (Å²) in [5, 5.41) is 14.1. The van der Waals surface area contributed by atoms with Gasteiger partial charge in [0.15, 0.2) is 0 Å². The number of thiocyanates is 1. The van der Waals surface area contributed by atoms with Crippen LogP contribution in [0.25, 0.3) is 0 Å². The third kappa shape index (κ3) is 4.48. The van der Waals surface area contributed by atoms with Crippen LogP contribution in [0.15, 0.2) is 115 Å². The molecular formula is C26H24N2PS+. The van der Waals surface area contributed by atoms with Gasteiger partial charge in [-0.3, -0.25) is 0 Å². The summed E-state index contributed by atoms with van der Waals surface area (Å²) < 4.78 is 0. The highest BCUT2D eigenvalue weighted by Gasteiger charge is 2.47. The number of thiol groups is 1. The van der Waals surface area contributed by atoms with Crippen LogP contribution in [0.3, 0.4) is 0 Å². The Labute approximate surface area is 184 Å². The van der Waals surface area contributed by atoms with Crippen molar-refractivity contribution in [1.82, 2.24) is 0 Å². The van der Waals surface area contributed by atoms with E-state index in [4.69, 9.17) is 11.0 Å². The minimum Gasteiger partial charge on any atom is -0.326 e. The molecule has 4 heteroatoms. The molecule has 0 heterocycles. The lowest BCUT2D eigenvalue weighted by Gasteiger charge is -2.27. The minimum atomic E-state index is -1.98. The number of rotatable bonds is 5. The molecule has 0 unspecified atom stereocenters. The van der Waals surface area contributed by atoms with Gasteiger partial charge in [-0.2, -0.15) is 5.26 Å². The first kappa shape index (κ1) is 21.8. The smallest absolute Gasteiger partial charge is 0.144 e. The van der Waals surface area contributed by atoms with Crippen molar-refractivity contribution in [3.8, 4) is 5.40 Å². The van der Waals surface area contributed by atoms with E-state index in [0.29, 0.717) is 6.54 Å². The van der Waals surface area contributed by atoms with Gasteiger partial charge in [0.05, 0.1) is 0 Å². The summed E-state index contributed by atoms with van der Waals surface area (Å²) in [4.78, 5) is 0. The number of benzene rings is 4. The van der Waals surface area contributed by atoms with Crippen molar-refractivity contribution < 1.29 is 0 Å². The number of nitrogens with two attached hydrogens (primary N) is 1. The third-order valence-electron chi connectivity index (χ3n) is 4.99. The molecule has 0 fully saturated rings. The summed E-state index contributed by atoms with van der Waals surface area (Å²) in [5.41, 5.74) is 7.01. The second-order valence-electron chi connectivity index (χ2n) is 6.65. The zero-order valence-corrected chi connectivity index (χ0v) is 18.4. The average molecular weight is 428 g/mol. The molecule has 0 amide bonds. The van der Waals surface area contributed by atoms with E-state index in [0.717, 1.165) is 5.56 Å². The molecule has 0 aliphatic carbocycles. The number of hydrogen-bond acceptors (Lipinski definition) is 3. The summed E-state index contributed by atoms with van der Waals surface area (Å²) in [7, 11) is -1.98. The van der Waals surface area contributed by atoms with E-state index < -0.39 is 7.26 Å². The van der Waals surface area contributed by atoms with Gasteiger partial charge in [0.1, 0.15) is 33.9 Å². The molecule has 30 heavy (non-hydrogen) atoms. The van der Waals surface area contributed by atoms with Gasteiger partial charge in [-0.1, -0.05) is 79.4 Å². The van der Waals surface area contributed by atoms with Crippen molar-refractivity contribution in [2.45, 2.75) is 6.54 Å². The molecule has 0 spiro atoms. The number of hydrogen-bond donors (Lipinski definition) is 2. The number of nitriles is 1. The Morgan fingerprint density at radius 2 is 0.900 bits per heavy atom. The largest absolute Gasteiger partial charge is 0.326 e. The second kappa shape index (κ2) is 10.8. The minimum absolute atomic E-state index is 0.563. The molecule has 0 aliphatic rings. The van der Waals surface area contributed by atoms with Gasteiger partial charge in [-0.05, 0) is 54.1 Å². The summed E-state index contributed by atoms with van der Waals surface area (Å²) >= 11 is 3.09. The van der Waals surface area contributed by atoms with E-state index in [1.807, 2.05) is 0 Å². The van der Waals surface area contributed by atoms with Crippen LogP contribution in [0.2, 0.25) is 0 Å². The van der Waals surface area contributed by atoms with Crippen LogP contribution in [0, 0.1) is 10.7 Å². The fourth-order valence-electron chi connectivity index (χ4n) is 3.70. The molecule has 0 atom stereocenters. The Bertz CT molecular complexity index is 980. The van der Waals surface area contributed by atoms with Crippen LogP contribution >= 0.6 is 19.9 Å². The van der Waals surface area contributed by atoms with E-state index in [-0.39, 0.29) is 0 Å². The Morgan fingerprint density at radius 1 is 0.600 bits per heavy atom. The zero-order chi connectivity index (χ0) is 21.2. The fraction of sp³-hybridized carbons (Fsp3) is 0.0385. The van der Waals surface area contributed by atoms with E-state index in [9.17, 15) is 0 Å². The van der Waals surface area contributed by atoms with Crippen LogP contribution < -0.4 is 27.0 Å². The predicted octanol–water partition coefficient (Wildman–Crippen LogP) is 4.16. The molecule has 0 saturated carbocycles. The maximum Gasteiger partial charge on any atom is 0.144 e. The van der Waals surface area contributed by atoms with Gasteiger partial charge in [0.25, 0.3) is 0 Å². The standard InChI is InChI=1S/C25H23NP.CHNS/c26-20-21-16-18-25(19-17-21)27(22-10-4-1-5-11-22,23-12-6-2-7-13-23)24-14-8-3-9-15-24;2-1-3/h1-19H,20,26H2;3H/q+1;. The van der Waals surface area contributed by atoms with E-state index in [2.05, 4.69) is 128 Å². The fourth-order valence-corrected chi connectivity index (χ4v) is 7.95. The molecule has 2 nitrogen and oxygen atoms in total. The molecule has 0 aliphatic heterocycles. The van der Waals surface area contributed by atoms with Crippen molar-refractivity contribution in [1.29, 1.82) is 5.26 Å². The lowest BCUT2D eigenvalue weighted by Crippen LogP contribution is -2.38. The Balaban J connectivity index is 0.000000806. The summed E-state index contributed by atoms with van der Waals surface area (Å²) in [5.74, 6) is 0. The molecule has 0 aromatic heterocycles. The number of nitrogens with zero attached hydrogens (tertiary/aromatic N) is 1. The summed E-state index contributed by atoms with van der Waals surface area (Å²) in [6.07, 6.45) is 0. The first-order chi connectivity index (χ1) is 14.8. The Kier molecular flexibility index (Phi) is 7.82. The topological polar surface area (TPSA) is 49.8 Å². The lowest BCUT2D eigenvalue weighted by molar-refractivity contribution is 1.07. The summed E-state index contributed by atoms with van der Waals surface area (Å²) in [6, 6.07) is 41.6. The molecule has 4 aromatic carbocycles. The van der Waals surface area contributed by atoms with Crippen LogP contribution in [0.4, 0.5) is 0 Å². The first-order valence-corrected chi connectivity index (χ1v) is 11.9. The van der Waals surface area contributed by atoms with Crippen molar-refractivity contribution in [3.05, 3.63) is 121 Å². The third-order valence-corrected chi connectivity index (χ3v) is 9.28.